The van der Waals surface area contributed by atoms with Gasteiger partial charge in [0, 0.05) is 30.9 Å². The summed E-state index contributed by atoms with van der Waals surface area (Å²) in [5.41, 5.74) is 2.54. The minimum Gasteiger partial charge on any atom is -0.366 e. The Balaban J connectivity index is 1.35. The van der Waals surface area contributed by atoms with Gasteiger partial charge >= 0.3 is 5.76 Å². The number of amides is 1. The van der Waals surface area contributed by atoms with Gasteiger partial charge in [0.1, 0.15) is 6.10 Å². The number of benzene rings is 2. The molecule has 1 aliphatic heterocycles. The third-order valence-corrected chi connectivity index (χ3v) is 4.56. The lowest BCUT2D eigenvalue weighted by Crippen LogP contribution is -2.47. The number of aromatic amines is 1. The quantitative estimate of drug-likeness (QED) is 0.701. The van der Waals surface area contributed by atoms with Crippen LogP contribution in [0.15, 0.2) is 63.9 Å². The number of nitrogens with zero attached hydrogens (tertiary/aromatic N) is 2. The number of anilines is 1. The molecule has 8 nitrogen and oxygen atoms in total. The first-order chi connectivity index (χ1) is 13.7. The molecule has 1 saturated heterocycles. The van der Waals surface area contributed by atoms with Crippen LogP contribution in [0.1, 0.15) is 5.56 Å². The van der Waals surface area contributed by atoms with Gasteiger partial charge in [-0.15, -0.1) is 0 Å². The molecule has 1 amide bonds. The summed E-state index contributed by atoms with van der Waals surface area (Å²) in [6, 6.07) is 17.1. The summed E-state index contributed by atoms with van der Waals surface area (Å²) in [5.74, 6) is -0.447. The Labute approximate surface area is 161 Å². The molecule has 0 saturated carbocycles. The molecule has 144 valence electrons. The summed E-state index contributed by atoms with van der Waals surface area (Å²) in [7, 11) is 0. The maximum atomic E-state index is 12.6. The van der Waals surface area contributed by atoms with Gasteiger partial charge in [-0.1, -0.05) is 35.5 Å². The number of morpholine rings is 1. The molecule has 28 heavy (non-hydrogen) atoms. The summed E-state index contributed by atoms with van der Waals surface area (Å²) < 4.78 is 10.2. The second kappa shape index (κ2) is 8.20. The molecule has 2 heterocycles. The van der Waals surface area contributed by atoms with Gasteiger partial charge in [-0.3, -0.25) is 19.2 Å². The lowest BCUT2D eigenvalue weighted by molar-refractivity contribution is -0.133. The predicted molar refractivity (Wildman–Crippen MR) is 103 cm³/mol. The van der Waals surface area contributed by atoms with Gasteiger partial charge in [-0.2, -0.15) is 0 Å². The number of ether oxygens (including phenoxy) is 1. The smallest absolute Gasteiger partial charge is 0.366 e. The minimum absolute atomic E-state index is 0.180. The van der Waals surface area contributed by atoms with Crippen LogP contribution in [0.5, 0.6) is 0 Å². The zero-order valence-electron chi connectivity index (χ0n) is 15.1. The second-order valence-corrected chi connectivity index (χ2v) is 6.59. The highest BCUT2D eigenvalue weighted by Crippen LogP contribution is 2.18. The summed E-state index contributed by atoms with van der Waals surface area (Å²) >= 11 is 0. The molecule has 4 rings (SSSR count). The van der Waals surface area contributed by atoms with Crippen molar-refractivity contribution in [3.63, 3.8) is 0 Å². The van der Waals surface area contributed by atoms with Crippen molar-refractivity contribution < 1.29 is 14.1 Å². The van der Waals surface area contributed by atoms with E-state index in [0.29, 0.717) is 30.2 Å². The highest BCUT2D eigenvalue weighted by molar-refractivity contribution is 5.94. The second-order valence-electron chi connectivity index (χ2n) is 6.59. The van der Waals surface area contributed by atoms with E-state index in [0.717, 1.165) is 13.1 Å². The minimum atomic E-state index is -0.609. The average molecular weight is 380 g/mol. The molecule has 0 radical (unpaired) electrons. The first-order valence-electron chi connectivity index (χ1n) is 9.02. The summed E-state index contributed by atoms with van der Waals surface area (Å²) in [4.78, 5) is 28.3. The molecule has 2 aromatic carbocycles. The van der Waals surface area contributed by atoms with E-state index in [2.05, 4.69) is 37.0 Å². The van der Waals surface area contributed by atoms with Crippen LogP contribution in [-0.4, -0.2) is 46.7 Å². The first kappa shape index (κ1) is 18.1. The first-order valence-corrected chi connectivity index (χ1v) is 9.02. The van der Waals surface area contributed by atoms with E-state index in [-0.39, 0.29) is 5.91 Å². The Morgan fingerprint density at radius 1 is 1.18 bits per heavy atom. The van der Waals surface area contributed by atoms with Crippen molar-refractivity contribution in [2.75, 3.05) is 25.0 Å². The third-order valence-electron chi connectivity index (χ3n) is 4.56. The van der Waals surface area contributed by atoms with E-state index in [1.807, 2.05) is 18.2 Å². The van der Waals surface area contributed by atoms with Crippen molar-refractivity contribution in [1.29, 1.82) is 0 Å². The van der Waals surface area contributed by atoms with Crippen LogP contribution in [0.25, 0.3) is 11.4 Å². The molecule has 8 heteroatoms. The number of carbonyl (C=O) groups is 1. The van der Waals surface area contributed by atoms with E-state index in [9.17, 15) is 9.59 Å². The van der Waals surface area contributed by atoms with Crippen LogP contribution < -0.4 is 11.1 Å². The van der Waals surface area contributed by atoms with Crippen molar-refractivity contribution in [3.8, 4) is 11.4 Å². The Bertz CT molecular complexity index is 981. The fourth-order valence-corrected chi connectivity index (χ4v) is 3.13. The van der Waals surface area contributed by atoms with Crippen molar-refractivity contribution in [2.24, 2.45) is 0 Å². The molecule has 0 spiro atoms. The van der Waals surface area contributed by atoms with E-state index < -0.39 is 11.9 Å². The van der Waals surface area contributed by atoms with Crippen LogP contribution in [0, 0.1) is 0 Å². The molecule has 2 N–H and O–H groups in total. The number of nitrogens with one attached hydrogen (secondary N) is 2. The van der Waals surface area contributed by atoms with E-state index in [1.165, 1.54) is 5.56 Å². The number of aromatic nitrogens is 2. The molecule has 0 bridgehead atoms. The number of carbonyl (C=O) groups excluding carboxylic acids is 1. The van der Waals surface area contributed by atoms with Gasteiger partial charge in [-0.05, 0) is 29.8 Å². The van der Waals surface area contributed by atoms with Crippen LogP contribution in [0.4, 0.5) is 5.69 Å². The van der Waals surface area contributed by atoms with Crippen LogP contribution >= 0.6 is 0 Å². The Hall–Kier alpha value is -3.23. The fourth-order valence-electron chi connectivity index (χ4n) is 3.13. The van der Waals surface area contributed by atoms with Gasteiger partial charge < -0.3 is 10.1 Å². The third kappa shape index (κ3) is 4.36. The fraction of sp³-hybridized carbons (Fsp3) is 0.250. The van der Waals surface area contributed by atoms with Gasteiger partial charge in [0.2, 0.25) is 0 Å². The SMILES string of the molecule is O=C(Nc1ccc(-c2noc(=O)[nH]2)cc1)C1CN(Cc2ccccc2)CCO1. The number of rotatable bonds is 5. The molecule has 1 atom stereocenters. The van der Waals surface area contributed by atoms with E-state index >= 15 is 0 Å². The Morgan fingerprint density at radius 3 is 2.68 bits per heavy atom. The Morgan fingerprint density at radius 2 is 1.96 bits per heavy atom. The normalized spacial score (nSPS) is 17.4. The largest absolute Gasteiger partial charge is 0.439 e. The molecule has 1 aromatic heterocycles. The maximum absolute atomic E-state index is 12.6. The van der Waals surface area contributed by atoms with Crippen LogP contribution in [0.2, 0.25) is 0 Å². The van der Waals surface area contributed by atoms with Gasteiger partial charge in [0.05, 0.1) is 6.61 Å². The molecule has 0 aliphatic carbocycles. The lowest BCUT2D eigenvalue weighted by atomic mass is 10.1. The van der Waals surface area contributed by atoms with Gasteiger partial charge in [0.15, 0.2) is 5.82 Å². The van der Waals surface area contributed by atoms with E-state index in [1.54, 1.807) is 24.3 Å². The molecular formula is C20H20N4O4. The van der Waals surface area contributed by atoms with Gasteiger partial charge in [0.25, 0.3) is 5.91 Å². The molecule has 1 aliphatic rings. The predicted octanol–water partition coefficient (Wildman–Crippen LogP) is 1.87. The van der Waals surface area contributed by atoms with Crippen LogP contribution in [0.3, 0.4) is 0 Å². The highest BCUT2D eigenvalue weighted by atomic mass is 16.5. The molecule has 1 unspecified atom stereocenters. The molecule has 3 aromatic rings. The summed E-state index contributed by atoms with van der Waals surface area (Å²) in [6.07, 6.45) is -0.524. The number of hydrogen-bond donors (Lipinski definition) is 2. The monoisotopic (exact) mass is 380 g/mol. The van der Waals surface area contributed by atoms with Crippen molar-refractivity contribution in [3.05, 3.63) is 70.7 Å². The average Bonchev–Trinajstić information content (AvgIpc) is 3.16. The number of H-pyrrole nitrogens is 1. The van der Waals surface area contributed by atoms with Crippen molar-refractivity contribution in [1.82, 2.24) is 15.0 Å². The van der Waals surface area contributed by atoms with Crippen molar-refractivity contribution >= 4 is 11.6 Å². The molecule has 1 fully saturated rings. The highest BCUT2D eigenvalue weighted by Gasteiger charge is 2.26. The van der Waals surface area contributed by atoms with Crippen molar-refractivity contribution in [2.45, 2.75) is 12.6 Å². The molecular weight excluding hydrogens is 360 g/mol. The van der Waals surface area contributed by atoms with Gasteiger partial charge in [-0.25, -0.2) is 4.79 Å². The topological polar surface area (TPSA) is 100 Å². The number of hydrogen-bond acceptors (Lipinski definition) is 6. The Kier molecular flexibility index (Phi) is 5.31. The zero-order chi connectivity index (χ0) is 19.3. The van der Waals surface area contributed by atoms with Crippen LogP contribution in [-0.2, 0) is 16.1 Å². The standard InChI is InChI=1S/C20H20N4O4/c25-19(17-13-24(10-11-27-17)12-14-4-2-1-3-5-14)21-16-8-6-15(7-9-16)18-22-20(26)28-23-18/h1-9,17H,10-13H2,(H,21,25)(H,22,23,26). The summed E-state index contributed by atoms with van der Waals surface area (Å²) in [6.45, 7) is 2.64. The summed E-state index contributed by atoms with van der Waals surface area (Å²) in [5, 5.41) is 6.51. The van der Waals surface area contributed by atoms with E-state index in [4.69, 9.17) is 4.74 Å². The zero-order valence-corrected chi connectivity index (χ0v) is 15.1. The lowest BCUT2D eigenvalue weighted by Gasteiger charge is -2.32. The maximum Gasteiger partial charge on any atom is 0.439 e.